The molecular formula is C25H19ClFN7O2S. The van der Waals surface area contributed by atoms with Gasteiger partial charge in [0, 0.05) is 18.4 Å². The molecule has 6 rings (SSSR count). The summed E-state index contributed by atoms with van der Waals surface area (Å²) in [6.07, 6.45) is 1.88. The Morgan fingerprint density at radius 3 is 2.81 bits per heavy atom. The van der Waals surface area contributed by atoms with Gasteiger partial charge in [0.05, 0.1) is 35.4 Å². The van der Waals surface area contributed by atoms with Crippen LogP contribution in [-0.4, -0.2) is 47.3 Å². The molecule has 0 radical (unpaired) electrons. The van der Waals surface area contributed by atoms with E-state index in [2.05, 4.69) is 25.4 Å². The normalized spacial score (nSPS) is 15.2. The van der Waals surface area contributed by atoms with Crippen LogP contribution in [0.4, 0.5) is 4.39 Å². The van der Waals surface area contributed by atoms with Crippen molar-refractivity contribution in [3.63, 3.8) is 0 Å². The zero-order valence-electron chi connectivity index (χ0n) is 19.5. The number of nitrogens with one attached hydrogen (secondary N) is 1. The molecule has 3 aromatic heterocycles. The first-order valence-electron chi connectivity index (χ1n) is 11.5. The van der Waals surface area contributed by atoms with Crippen LogP contribution >= 0.6 is 22.9 Å². The quantitative estimate of drug-likeness (QED) is 0.368. The Morgan fingerprint density at radius 1 is 1.22 bits per heavy atom. The van der Waals surface area contributed by atoms with Gasteiger partial charge in [-0.3, -0.25) is 9.59 Å². The summed E-state index contributed by atoms with van der Waals surface area (Å²) in [6, 6.07) is 11.5. The highest BCUT2D eigenvalue weighted by Crippen LogP contribution is 2.32. The van der Waals surface area contributed by atoms with E-state index in [1.807, 2.05) is 23.6 Å². The number of benzene rings is 2. The lowest BCUT2D eigenvalue weighted by Crippen LogP contribution is -2.40. The van der Waals surface area contributed by atoms with Gasteiger partial charge in [-0.05, 0) is 30.7 Å². The zero-order valence-corrected chi connectivity index (χ0v) is 21.1. The number of hydrogen-bond acceptors (Lipinski definition) is 7. The summed E-state index contributed by atoms with van der Waals surface area (Å²) in [5, 5.41) is 17.1. The first kappa shape index (κ1) is 23.4. The number of H-pyrrole nitrogens is 1. The van der Waals surface area contributed by atoms with Crippen molar-refractivity contribution in [2.45, 2.75) is 25.9 Å². The van der Waals surface area contributed by atoms with Crippen LogP contribution in [0.15, 0.2) is 53.5 Å². The lowest BCUT2D eigenvalue weighted by molar-refractivity contribution is 0.0677. The summed E-state index contributed by atoms with van der Waals surface area (Å²) in [4.78, 5) is 31.4. The molecular weight excluding hydrogens is 517 g/mol. The maximum atomic E-state index is 14.9. The second-order valence-corrected chi connectivity index (χ2v) is 10.5. The molecule has 4 heterocycles. The van der Waals surface area contributed by atoms with Gasteiger partial charge in [0.1, 0.15) is 10.2 Å². The van der Waals surface area contributed by atoms with Crippen molar-refractivity contribution < 1.29 is 9.18 Å². The molecule has 0 saturated carbocycles. The summed E-state index contributed by atoms with van der Waals surface area (Å²) >= 11 is 7.34. The number of carbonyl (C=O) groups excluding carboxylic acids is 1. The summed E-state index contributed by atoms with van der Waals surface area (Å²) in [5.41, 5.74) is 1.03. The fraction of sp³-hybridized carbons (Fsp3) is 0.200. The molecule has 37 heavy (non-hydrogen) atoms. The van der Waals surface area contributed by atoms with Crippen LogP contribution in [0.2, 0.25) is 4.34 Å². The van der Waals surface area contributed by atoms with E-state index in [0.717, 1.165) is 0 Å². The molecule has 9 nitrogen and oxygen atoms in total. The molecule has 1 aliphatic heterocycles. The predicted octanol–water partition coefficient (Wildman–Crippen LogP) is 4.24. The lowest BCUT2D eigenvalue weighted by Gasteiger charge is -2.32. The molecule has 0 spiro atoms. The summed E-state index contributed by atoms with van der Waals surface area (Å²) < 4.78 is 17.4. The number of nitrogens with zero attached hydrogens (tertiary/aromatic N) is 6. The molecule has 186 valence electrons. The maximum absolute atomic E-state index is 14.9. The minimum Gasteiger partial charge on any atom is -0.329 e. The largest absolute Gasteiger partial charge is 0.329 e. The third kappa shape index (κ3) is 4.19. The molecule has 0 aliphatic carbocycles. The number of carbonyl (C=O) groups is 1. The third-order valence-electron chi connectivity index (χ3n) is 6.39. The van der Waals surface area contributed by atoms with Gasteiger partial charge in [-0.2, -0.15) is 5.10 Å². The van der Waals surface area contributed by atoms with Crippen molar-refractivity contribution >= 4 is 39.6 Å². The topological polar surface area (TPSA) is 110 Å². The van der Waals surface area contributed by atoms with Gasteiger partial charge in [0.2, 0.25) is 0 Å². The van der Waals surface area contributed by atoms with Crippen LogP contribution in [-0.2, 0) is 13.0 Å². The SMILES string of the molecule is CC1CN(C(=O)c2cc(Cc3n[nH]c(=O)c4ccccc34)ccc2F)Cc2nnc(-c3ncc(Cl)s3)n21. The van der Waals surface area contributed by atoms with Crippen molar-refractivity contribution in [1.29, 1.82) is 0 Å². The van der Waals surface area contributed by atoms with E-state index in [-0.39, 0.29) is 23.7 Å². The molecule has 2 aromatic carbocycles. The van der Waals surface area contributed by atoms with Gasteiger partial charge in [0.25, 0.3) is 11.5 Å². The van der Waals surface area contributed by atoms with Gasteiger partial charge in [-0.25, -0.2) is 14.5 Å². The molecule has 0 saturated heterocycles. The summed E-state index contributed by atoms with van der Waals surface area (Å²) in [5.74, 6) is 0.152. The first-order chi connectivity index (χ1) is 17.9. The van der Waals surface area contributed by atoms with Gasteiger partial charge < -0.3 is 9.47 Å². The minimum atomic E-state index is -0.606. The molecule has 5 aromatic rings. The Hall–Kier alpha value is -3.96. The molecule has 0 bridgehead atoms. The van der Waals surface area contributed by atoms with Crippen LogP contribution in [0, 0.1) is 5.82 Å². The van der Waals surface area contributed by atoms with Gasteiger partial charge >= 0.3 is 0 Å². The van der Waals surface area contributed by atoms with E-state index in [0.29, 0.717) is 56.0 Å². The number of aromatic nitrogens is 6. The predicted molar refractivity (Wildman–Crippen MR) is 137 cm³/mol. The van der Waals surface area contributed by atoms with Crippen molar-refractivity contribution in [2.24, 2.45) is 0 Å². The van der Waals surface area contributed by atoms with Crippen molar-refractivity contribution in [3.8, 4) is 10.8 Å². The van der Waals surface area contributed by atoms with Gasteiger partial charge in [-0.1, -0.05) is 47.2 Å². The monoisotopic (exact) mass is 535 g/mol. The van der Waals surface area contributed by atoms with E-state index in [9.17, 15) is 14.0 Å². The molecule has 1 N–H and O–H groups in total. The van der Waals surface area contributed by atoms with Crippen molar-refractivity contribution in [3.05, 3.63) is 91.8 Å². The number of amides is 1. The second kappa shape index (κ2) is 9.16. The number of rotatable bonds is 4. The number of aromatic amines is 1. The number of halogens is 2. The van der Waals surface area contributed by atoms with Gasteiger partial charge in [0.15, 0.2) is 16.7 Å². The summed E-state index contributed by atoms with van der Waals surface area (Å²) in [7, 11) is 0. The van der Waals surface area contributed by atoms with Crippen molar-refractivity contribution in [1.82, 2.24) is 34.8 Å². The van der Waals surface area contributed by atoms with E-state index < -0.39 is 11.7 Å². The Balaban J connectivity index is 1.28. The van der Waals surface area contributed by atoms with E-state index in [1.165, 1.54) is 17.4 Å². The van der Waals surface area contributed by atoms with Gasteiger partial charge in [-0.15, -0.1) is 10.2 Å². The molecule has 1 unspecified atom stereocenters. The average Bonchev–Trinajstić information content (AvgIpc) is 3.53. The molecule has 1 amide bonds. The number of thiazole rings is 1. The Kier molecular flexibility index (Phi) is 5.81. The average molecular weight is 536 g/mol. The number of hydrogen-bond donors (Lipinski definition) is 1. The Morgan fingerprint density at radius 2 is 2.03 bits per heavy atom. The third-order valence-corrected chi connectivity index (χ3v) is 7.50. The molecule has 12 heteroatoms. The van der Waals surface area contributed by atoms with Crippen LogP contribution in [0.5, 0.6) is 0 Å². The van der Waals surface area contributed by atoms with Crippen LogP contribution in [0.1, 0.15) is 40.4 Å². The first-order valence-corrected chi connectivity index (χ1v) is 12.7. The van der Waals surface area contributed by atoms with Crippen LogP contribution in [0.25, 0.3) is 21.6 Å². The highest BCUT2D eigenvalue weighted by atomic mass is 35.5. The van der Waals surface area contributed by atoms with Crippen LogP contribution < -0.4 is 5.56 Å². The van der Waals surface area contributed by atoms with Crippen LogP contribution in [0.3, 0.4) is 0 Å². The smallest absolute Gasteiger partial charge is 0.272 e. The lowest BCUT2D eigenvalue weighted by atomic mass is 10.0. The maximum Gasteiger partial charge on any atom is 0.272 e. The van der Waals surface area contributed by atoms with E-state index >= 15 is 0 Å². The Labute approximate surface area is 218 Å². The minimum absolute atomic E-state index is 0.0293. The molecule has 1 atom stereocenters. The number of fused-ring (bicyclic) bond motifs is 2. The molecule has 0 fully saturated rings. The standard InChI is InChI=1S/C25H19ClFN7O2S/c1-13-11-33(12-21-30-31-22(34(13)21)24-28-10-20(26)37-24)25(36)17-8-14(6-7-18(17)27)9-19-15-4-2-3-5-16(15)23(35)32-29-19/h2-8,10,13H,9,11-12H2,1H3,(H,32,35). The second-order valence-electron chi connectivity index (χ2n) is 8.85. The zero-order chi connectivity index (χ0) is 25.7. The van der Waals surface area contributed by atoms with E-state index in [1.54, 1.807) is 35.4 Å². The van der Waals surface area contributed by atoms with Crippen molar-refractivity contribution in [2.75, 3.05) is 6.54 Å². The Bertz CT molecular complexity index is 1730. The fourth-order valence-corrected chi connectivity index (χ4v) is 5.60. The summed E-state index contributed by atoms with van der Waals surface area (Å²) in [6.45, 7) is 2.49. The highest BCUT2D eigenvalue weighted by molar-refractivity contribution is 7.18. The van der Waals surface area contributed by atoms with E-state index in [4.69, 9.17) is 11.6 Å². The fourth-order valence-electron chi connectivity index (χ4n) is 4.71. The molecule has 1 aliphatic rings. The highest BCUT2D eigenvalue weighted by Gasteiger charge is 2.32.